The summed E-state index contributed by atoms with van der Waals surface area (Å²) in [4.78, 5) is 17.9. The van der Waals surface area contributed by atoms with Crippen LogP contribution in [-0.4, -0.2) is 17.6 Å². The summed E-state index contributed by atoms with van der Waals surface area (Å²) >= 11 is 6.60. The summed E-state index contributed by atoms with van der Waals surface area (Å²) in [6.45, 7) is 8.49. The molecule has 1 aliphatic heterocycles. The number of carbonyl (C=O) groups excluding carboxylic acids is 1. The smallest absolute Gasteiger partial charge is 0.336 e. The van der Waals surface area contributed by atoms with E-state index in [4.69, 9.17) is 27.1 Å². The number of pyridine rings is 1. The number of hydrogen-bond acceptors (Lipinski definition) is 5. The summed E-state index contributed by atoms with van der Waals surface area (Å²) in [7, 11) is 0. The number of aromatic nitrogens is 1. The molecule has 2 aliphatic rings. The van der Waals surface area contributed by atoms with Crippen LogP contribution in [0.3, 0.4) is 0 Å². The van der Waals surface area contributed by atoms with Crippen LogP contribution < -0.4 is 11.1 Å². The molecule has 4 rings (SSSR count). The zero-order chi connectivity index (χ0) is 21.6. The predicted molar refractivity (Wildman–Crippen MR) is 121 cm³/mol. The molecule has 1 atom stereocenters. The van der Waals surface area contributed by atoms with E-state index in [0.717, 1.165) is 41.6 Å². The van der Waals surface area contributed by atoms with Gasteiger partial charge in [-0.1, -0.05) is 43.6 Å². The fraction of sp³-hybridized carbons (Fsp3) is 0.417. The van der Waals surface area contributed by atoms with E-state index >= 15 is 0 Å². The average molecular weight is 426 g/mol. The predicted octanol–water partition coefficient (Wildman–Crippen LogP) is 5.23. The van der Waals surface area contributed by atoms with Crippen molar-refractivity contribution in [2.45, 2.75) is 52.9 Å². The van der Waals surface area contributed by atoms with Crippen molar-refractivity contribution < 1.29 is 9.53 Å². The molecule has 0 amide bonds. The van der Waals surface area contributed by atoms with Crippen LogP contribution >= 0.6 is 11.6 Å². The lowest BCUT2D eigenvalue weighted by Gasteiger charge is -2.36. The summed E-state index contributed by atoms with van der Waals surface area (Å²) in [5.74, 6) is -0.0891. The maximum absolute atomic E-state index is 13.0. The van der Waals surface area contributed by atoms with Crippen molar-refractivity contribution in [1.82, 2.24) is 4.98 Å². The van der Waals surface area contributed by atoms with Crippen molar-refractivity contribution in [3.05, 3.63) is 62.9 Å². The van der Waals surface area contributed by atoms with Gasteiger partial charge in [-0.25, -0.2) is 9.78 Å². The number of benzene rings is 1. The standard InChI is InChI=1S/C24H28ClN3O2/c1-5-30-23(29)18-13(2)27-22-20(19(18)14-8-6-7-9-16(14)25)21(26)15-12-24(3,4)11-10-17(15)28-22/h6-9,19H,5,10-12H2,1-4H3,(H3,26,27,28). The molecule has 0 radical (unpaired) electrons. The Morgan fingerprint density at radius 2 is 2.10 bits per heavy atom. The largest absolute Gasteiger partial charge is 0.463 e. The van der Waals surface area contributed by atoms with Gasteiger partial charge in [0.2, 0.25) is 0 Å². The van der Waals surface area contributed by atoms with Crippen LogP contribution in [-0.2, 0) is 22.4 Å². The summed E-state index contributed by atoms with van der Waals surface area (Å²) in [6, 6.07) is 7.58. The molecule has 158 valence electrons. The maximum atomic E-state index is 13.0. The Balaban J connectivity index is 1.98. The molecule has 0 bridgehead atoms. The molecule has 2 heterocycles. The number of anilines is 2. The Morgan fingerprint density at radius 1 is 1.37 bits per heavy atom. The number of aryl methyl sites for hydroxylation is 1. The van der Waals surface area contributed by atoms with E-state index in [0.29, 0.717) is 34.4 Å². The number of allylic oxidation sites excluding steroid dienone is 1. The summed E-state index contributed by atoms with van der Waals surface area (Å²) in [6.07, 6.45) is 2.83. The van der Waals surface area contributed by atoms with Crippen LogP contribution in [0.5, 0.6) is 0 Å². The fourth-order valence-electron chi connectivity index (χ4n) is 4.63. The highest BCUT2D eigenvalue weighted by Gasteiger charge is 2.39. The second-order valence-electron chi connectivity index (χ2n) is 8.89. The molecular formula is C24H28ClN3O2. The fourth-order valence-corrected chi connectivity index (χ4v) is 4.87. The molecular weight excluding hydrogens is 398 g/mol. The molecule has 0 saturated carbocycles. The van der Waals surface area contributed by atoms with E-state index in [1.165, 1.54) is 0 Å². The first kappa shape index (κ1) is 20.7. The molecule has 0 fully saturated rings. The third-order valence-corrected chi connectivity index (χ3v) is 6.50. The van der Waals surface area contributed by atoms with Crippen molar-refractivity contribution in [3.8, 4) is 0 Å². The Bertz CT molecular complexity index is 1060. The van der Waals surface area contributed by atoms with Crippen molar-refractivity contribution >= 4 is 29.1 Å². The molecule has 1 unspecified atom stereocenters. The van der Waals surface area contributed by atoms with Crippen LogP contribution in [0.25, 0.3) is 0 Å². The van der Waals surface area contributed by atoms with Gasteiger partial charge in [-0.3, -0.25) is 0 Å². The van der Waals surface area contributed by atoms with E-state index < -0.39 is 5.92 Å². The lowest BCUT2D eigenvalue weighted by molar-refractivity contribution is -0.138. The number of nitrogen functional groups attached to an aromatic ring is 1. The SMILES string of the molecule is CCOC(=O)C1=C(C)Nc2nc3c(c(N)c2C1c1ccccc1Cl)CC(C)(C)CC3. The zero-order valence-electron chi connectivity index (χ0n) is 17.9. The highest BCUT2D eigenvalue weighted by molar-refractivity contribution is 6.31. The molecule has 1 aromatic carbocycles. The van der Waals surface area contributed by atoms with Crippen molar-refractivity contribution in [2.24, 2.45) is 5.41 Å². The van der Waals surface area contributed by atoms with Crippen LogP contribution in [0.15, 0.2) is 35.5 Å². The summed E-state index contributed by atoms with van der Waals surface area (Å²) < 4.78 is 5.40. The van der Waals surface area contributed by atoms with Crippen molar-refractivity contribution in [2.75, 3.05) is 17.7 Å². The number of ether oxygens (including phenoxy) is 1. The van der Waals surface area contributed by atoms with E-state index in [1.54, 1.807) is 6.92 Å². The second-order valence-corrected chi connectivity index (χ2v) is 9.30. The number of fused-ring (bicyclic) bond motifs is 2. The van der Waals surface area contributed by atoms with E-state index in [-0.39, 0.29) is 11.4 Å². The number of nitrogens with one attached hydrogen (secondary N) is 1. The molecule has 1 aliphatic carbocycles. The van der Waals surface area contributed by atoms with E-state index in [1.807, 2.05) is 31.2 Å². The number of nitrogens with two attached hydrogens (primary N) is 1. The molecule has 1 aromatic heterocycles. The van der Waals surface area contributed by atoms with E-state index in [2.05, 4.69) is 19.2 Å². The molecule has 5 nitrogen and oxygen atoms in total. The van der Waals surface area contributed by atoms with Gasteiger partial charge in [-0.15, -0.1) is 0 Å². The number of carbonyl (C=O) groups is 1. The van der Waals surface area contributed by atoms with E-state index in [9.17, 15) is 4.79 Å². The Hall–Kier alpha value is -2.53. The lowest BCUT2D eigenvalue weighted by atomic mass is 9.73. The Kier molecular flexibility index (Phi) is 5.27. The molecule has 2 aromatic rings. The topological polar surface area (TPSA) is 77.2 Å². The van der Waals surface area contributed by atoms with Gasteiger partial charge in [0.1, 0.15) is 5.82 Å². The number of esters is 1. The lowest BCUT2D eigenvalue weighted by Crippen LogP contribution is -2.30. The van der Waals surface area contributed by atoms with Gasteiger partial charge in [0.05, 0.1) is 18.1 Å². The molecule has 3 N–H and O–H groups in total. The minimum absolute atomic E-state index is 0.161. The number of rotatable bonds is 3. The maximum Gasteiger partial charge on any atom is 0.336 e. The van der Waals surface area contributed by atoms with Crippen LogP contribution in [0, 0.1) is 5.41 Å². The Morgan fingerprint density at radius 3 is 2.80 bits per heavy atom. The summed E-state index contributed by atoms with van der Waals surface area (Å²) in [5, 5.41) is 3.91. The molecule has 0 spiro atoms. The third kappa shape index (κ3) is 3.45. The van der Waals surface area contributed by atoms with Gasteiger partial charge in [-0.2, -0.15) is 0 Å². The van der Waals surface area contributed by atoms with Crippen LogP contribution in [0.2, 0.25) is 5.02 Å². The first-order valence-electron chi connectivity index (χ1n) is 10.4. The van der Waals surface area contributed by atoms with Gasteiger partial charge in [-0.05, 0) is 55.7 Å². The zero-order valence-corrected chi connectivity index (χ0v) is 18.7. The Labute approximate surface area is 182 Å². The molecule has 30 heavy (non-hydrogen) atoms. The summed E-state index contributed by atoms with van der Waals surface area (Å²) in [5.41, 5.74) is 12.7. The quantitative estimate of drug-likeness (QED) is 0.658. The van der Waals surface area contributed by atoms with Crippen LogP contribution in [0.4, 0.5) is 11.5 Å². The average Bonchev–Trinajstić information content (AvgIpc) is 2.68. The second kappa shape index (κ2) is 7.62. The van der Waals surface area contributed by atoms with Crippen molar-refractivity contribution in [3.63, 3.8) is 0 Å². The third-order valence-electron chi connectivity index (χ3n) is 6.16. The van der Waals surface area contributed by atoms with Gasteiger partial charge in [0.25, 0.3) is 0 Å². The normalized spacial score (nSPS) is 19.6. The number of hydrogen-bond donors (Lipinski definition) is 2. The number of nitrogens with zero attached hydrogens (tertiary/aromatic N) is 1. The minimum atomic E-state index is -0.433. The monoisotopic (exact) mass is 425 g/mol. The van der Waals surface area contributed by atoms with Crippen LogP contribution in [0.1, 0.15) is 62.4 Å². The van der Waals surface area contributed by atoms with Gasteiger partial charge in [0.15, 0.2) is 0 Å². The highest BCUT2D eigenvalue weighted by atomic mass is 35.5. The highest BCUT2D eigenvalue weighted by Crippen LogP contribution is 2.49. The van der Waals surface area contributed by atoms with Gasteiger partial charge < -0.3 is 15.8 Å². The van der Waals surface area contributed by atoms with Crippen molar-refractivity contribution in [1.29, 1.82) is 0 Å². The first-order valence-corrected chi connectivity index (χ1v) is 10.8. The first-order chi connectivity index (χ1) is 14.2. The molecule has 6 heteroatoms. The molecule has 0 saturated heterocycles. The van der Waals surface area contributed by atoms with Gasteiger partial charge >= 0.3 is 5.97 Å². The minimum Gasteiger partial charge on any atom is -0.463 e. The van der Waals surface area contributed by atoms with Gasteiger partial charge in [0, 0.05) is 27.7 Å². The number of halogens is 1.